The van der Waals surface area contributed by atoms with Crippen LogP contribution in [-0.2, 0) is 20.7 Å². The van der Waals surface area contributed by atoms with Crippen molar-refractivity contribution in [2.45, 2.75) is 44.8 Å². The zero-order valence-electron chi connectivity index (χ0n) is 11.4. The highest BCUT2D eigenvalue weighted by molar-refractivity contribution is 5.84. The van der Waals surface area contributed by atoms with Crippen LogP contribution < -0.4 is 5.73 Å². The van der Waals surface area contributed by atoms with E-state index in [-0.39, 0.29) is 5.78 Å². The molecule has 0 heterocycles. The van der Waals surface area contributed by atoms with E-state index >= 15 is 0 Å². The number of ketones is 1. The van der Waals surface area contributed by atoms with Crippen LogP contribution in [-0.4, -0.2) is 23.9 Å². The monoisotopic (exact) mass is 262 g/mol. The summed E-state index contributed by atoms with van der Waals surface area (Å²) in [5, 5.41) is 0. The Hall–Kier alpha value is -1.68. The minimum atomic E-state index is -0.677. The molecule has 0 saturated heterocycles. The third-order valence-corrected chi connectivity index (χ3v) is 3.00. The summed E-state index contributed by atoms with van der Waals surface area (Å²) in [5.74, 6) is -0.0218. The van der Waals surface area contributed by atoms with E-state index in [9.17, 15) is 9.59 Å². The van der Waals surface area contributed by atoms with Crippen LogP contribution in [0.15, 0.2) is 30.3 Å². The Morgan fingerprint density at radius 3 is 2.58 bits per heavy atom. The number of benzene rings is 1. The zero-order chi connectivity index (χ0) is 14.3. The number of rotatable bonds is 8. The Bertz CT molecular complexity index is 415. The van der Waals surface area contributed by atoms with Crippen LogP contribution in [0, 0.1) is 0 Å². The molecule has 1 aromatic carbocycles. The van der Waals surface area contributed by atoms with Gasteiger partial charge in [0.15, 0.2) is 0 Å². The van der Waals surface area contributed by atoms with Gasteiger partial charge in [-0.05, 0) is 32.3 Å². The van der Waals surface area contributed by atoms with E-state index in [0.717, 1.165) is 5.56 Å². The number of carbonyl (C=O) groups is 1. The molecule has 4 nitrogen and oxygen atoms in total. The number of carbonyl (C=O) groups excluding carboxylic acids is 2. The quantitative estimate of drug-likeness (QED) is 0.775. The van der Waals surface area contributed by atoms with Gasteiger partial charge in [0.25, 0.3) is 0 Å². The molecular formula is C15H20NO3. The Morgan fingerprint density at radius 1 is 1.37 bits per heavy atom. The molecule has 0 bridgehead atoms. The van der Waals surface area contributed by atoms with Crippen molar-refractivity contribution >= 4 is 12.3 Å². The molecule has 0 amide bonds. The molecule has 1 atom stereocenters. The molecule has 0 aromatic heterocycles. The summed E-state index contributed by atoms with van der Waals surface area (Å²) in [4.78, 5) is 22.1. The third-order valence-electron chi connectivity index (χ3n) is 3.00. The molecule has 1 aromatic rings. The Labute approximate surface area is 113 Å². The number of nitrogens with two attached hydrogens (primary N) is 1. The van der Waals surface area contributed by atoms with E-state index in [1.54, 1.807) is 13.8 Å². The van der Waals surface area contributed by atoms with E-state index in [0.29, 0.717) is 19.3 Å². The minimum Gasteiger partial charge on any atom is -0.451 e. The maximum atomic E-state index is 11.9. The van der Waals surface area contributed by atoms with Gasteiger partial charge in [-0.25, -0.2) is 4.79 Å². The van der Waals surface area contributed by atoms with E-state index in [2.05, 4.69) is 0 Å². The van der Waals surface area contributed by atoms with Gasteiger partial charge in [-0.1, -0.05) is 30.3 Å². The molecule has 0 unspecified atom stereocenters. The molecule has 0 saturated carbocycles. The second-order valence-electron chi connectivity index (χ2n) is 5.21. The Balaban J connectivity index is 2.43. The van der Waals surface area contributed by atoms with E-state index in [4.69, 9.17) is 10.5 Å². The molecule has 0 spiro atoms. The molecular weight excluding hydrogens is 242 g/mol. The maximum absolute atomic E-state index is 11.9. The molecule has 103 valence electrons. The van der Waals surface area contributed by atoms with Crippen molar-refractivity contribution in [1.29, 1.82) is 0 Å². The van der Waals surface area contributed by atoms with Crippen LogP contribution in [0.2, 0.25) is 0 Å². The molecule has 4 heteroatoms. The van der Waals surface area contributed by atoms with Gasteiger partial charge >= 0.3 is 6.47 Å². The lowest BCUT2D eigenvalue weighted by Crippen LogP contribution is -2.34. The van der Waals surface area contributed by atoms with Gasteiger partial charge in [-0.3, -0.25) is 4.79 Å². The van der Waals surface area contributed by atoms with Crippen molar-refractivity contribution in [3.05, 3.63) is 35.9 Å². The predicted molar refractivity (Wildman–Crippen MR) is 73.2 cm³/mol. The van der Waals surface area contributed by atoms with Gasteiger partial charge in [-0.15, -0.1) is 0 Å². The van der Waals surface area contributed by atoms with Gasteiger partial charge in [0, 0.05) is 6.42 Å². The molecule has 1 rings (SSSR count). The molecule has 1 radical (unpaired) electrons. The first kappa shape index (κ1) is 15.4. The molecule has 0 aliphatic heterocycles. The van der Waals surface area contributed by atoms with Crippen LogP contribution in [0.25, 0.3) is 0 Å². The van der Waals surface area contributed by atoms with Crippen LogP contribution in [0.1, 0.15) is 32.3 Å². The zero-order valence-corrected chi connectivity index (χ0v) is 11.4. The summed E-state index contributed by atoms with van der Waals surface area (Å²) in [5.41, 5.74) is 6.25. The second kappa shape index (κ2) is 7.04. The lowest BCUT2D eigenvalue weighted by atomic mass is 9.95. The number of hydrogen-bond acceptors (Lipinski definition) is 4. The molecule has 2 N–H and O–H groups in total. The van der Waals surface area contributed by atoms with Gasteiger partial charge in [0.05, 0.1) is 6.04 Å². The number of Topliss-reactive ketones (excluding diaryl/α,β-unsaturated/α-hetero) is 1. The highest BCUT2D eigenvalue weighted by Gasteiger charge is 2.23. The maximum Gasteiger partial charge on any atom is 0.418 e. The van der Waals surface area contributed by atoms with Crippen molar-refractivity contribution in [3.8, 4) is 0 Å². The fraction of sp³-hybridized carbons (Fsp3) is 0.467. The normalized spacial score (nSPS) is 12.8. The predicted octanol–water partition coefficient (Wildman–Crippen LogP) is 1.77. The van der Waals surface area contributed by atoms with E-state index in [1.165, 1.54) is 6.47 Å². The largest absolute Gasteiger partial charge is 0.451 e. The average molecular weight is 262 g/mol. The van der Waals surface area contributed by atoms with Gasteiger partial charge in [-0.2, -0.15) is 0 Å². The summed E-state index contributed by atoms with van der Waals surface area (Å²) in [7, 11) is 0. The number of hydrogen-bond donors (Lipinski definition) is 1. The van der Waals surface area contributed by atoms with Crippen LogP contribution in [0.3, 0.4) is 0 Å². The van der Waals surface area contributed by atoms with Crippen LogP contribution >= 0.6 is 0 Å². The first-order valence-corrected chi connectivity index (χ1v) is 6.32. The van der Waals surface area contributed by atoms with Crippen LogP contribution in [0.4, 0.5) is 0 Å². The van der Waals surface area contributed by atoms with Crippen molar-refractivity contribution in [2.24, 2.45) is 5.73 Å². The van der Waals surface area contributed by atoms with Crippen molar-refractivity contribution in [2.75, 3.05) is 0 Å². The summed E-state index contributed by atoms with van der Waals surface area (Å²) >= 11 is 0. The number of ether oxygens (including phenoxy) is 1. The Kier molecular flexibility index (Phi) is 5.70. The lowest BCUT2D eigenvalue weighted by Gasteiger charge is -2.22. The second-order valence-corrected chi connectivity index (χ2v) is 5.21. The van der Waals surface area contributed by atoms with Crippen molar-refractivity contribution in [3.63, 3.8) is 0 Å². The highest BCUT2D eigenvalue weighted by Crippen LogP contribution is 2.16. The Morgan fingerprint density at radius 2 is 2.00 bits per heavy atom. The fourth-order valence-corrected chi connectivity index (χ4v) is 1.76. The van der Waals surface area contributed by atoms with E-state index in [1.807, 2.05) is 30.3 Å². The SMILES string of the molecule is CC(C)(CCC(=O)[C@@H](N)Cc1ccccc1)O[C]=O. The molecule has 0 fully saturated rings. The topological polar surface area (TPSA) is 69.4 Å². The lowest BCUT2D eigenvalue weighted by molar-refractivity contribution is -0.121. The summed E-state index contributed by atoms with van der Waals surface area (Å²) < 4.78 is 4.78. The highest BCUT2D eigenvalue weighted by atomic mass is 16.5. The molecule has 19 heavy (non-hydrogen) atoms. The standard InChI is InChI=1S/C15H20NO3/c1-15(2,19-11-17)9-8-14(18)13(16)10-12-6-4-3-5-7-12/h3-7,13H,8-10,16H2,1-2H3/t13-/m0/s1. The first-order chi connectivity index (χ1) is 8.94. The summed E-state index contributed by atoms with van der Waals surface area (Å²) in [6.07, 6.45) is 1.27. The summed E-state index contributed by atoms with van der Waals surface area (Å²) in [6.45, 7) is 4.90. The first-order valence-electron chi connectivity index (χ1n) is 6.32. The van der Waals surface area contributed by atoms with Crippen molar-refractivity contribution < 1.29 is 14.3 Å². The fourth-order valence-electron chi connectivity index (χ4n) is 1.76. The van der Waals surface area contributed by atoms with Gasteiger partial charge in [0.1, 0.15) is 11.4 Å². The molecule has 0 aliphatic rings. The summed E-state index contributed by atoms with van der Waals surface area (Å²) in [6, 6.07) is 9.14. The molecule has 0 aliphatic carbocycles. The minimum absolute atomic E-state index is 0.0218. The van der Waals surface area contributed by atoms with Crippen molar-refractivity contribution in [1.82, 2.24) is 0 Å². The van der Waals surface area contributed by atoms with E-state index < -0.39 is 11.6 Å². The third kappa shape index (κ3) is 5.66. The van der Waals surface area contributed by atoms with Gasteiger partial charge in [0.2, 0.25) is 0 Å². The van der Waals surface area contributed by atoms with Gasteiger partial charge < -0.3 is 10.5 Å². The average Bonchev–Trinajstić information content (AvgIpc) is 2.37. The smallest absolute Gasteiger partial charge is 0.418 e. The van der Waals surface area contributed by atoms with Crippen LogP contribution in [0.5, 0.6) is 0 Å².